The van der Waals surface area contributed by atoms with Crippen LogP contribution in [0, 0.1) is 5.92 Å². The Hall–Kier alpha value is -1.75. The van der Waals surface area contributed by atoms with E-state index in [9.17, 15) is 4.79 Å². The number of nitrogens with one attached hydrogen (secondary N) is 1. The smallest absolute Gasteiger partial charge is 0.317 e. The molecule has 132 valence electrons. The Bertz CT molecular complexity index is 577. The average Bonchev–Trinajstić information content (AvgIpc) is 3.21. The van der Waals surface area contributed by atoms with Gasteiger partial charge in [-0.3, -0.25) is 0 Å². The van der Waals surface area contributed by atoms with Gasteiger partial charge in [0.25, 0.3) is 0 Å². The van der Waals surface area contributed by atoms with Crippen LogP contribution in [0.5, 0.6) is 5.75 Å². The molecule has 1 N–H and O–H groups in total. The molecule has 1 fully saturated rings. The fourth-order valence-corrected chi connectivity index (χ4v) is 3.72. The molecule has 2 aliphatic heterocycles. The normalized spacial score (nSPS) is 23.9. The Morgan fingerprint density at radius 3 is 3.04 bits per heavy atom. The summed E-state index contributed by atoms with van der Waals surface area (Å²) in [5, 5.41) is 3.19. The van der Waals surface area contributed by atoms with E-state index in [0.717, 1.165) is 38.3 Å². The van der Waals surface area contributed by atoms with Crippen LogP contribution in [0.4, 0.5) is 4.79 Å². The van der Waals surface area contributed by atoms with E-state index in [2.05, 4.69) is 37.2 Å². The second kappa shape index (κ2) is 7.43. The van der Waals surface area contributed by atoms with Crippen molar-refractivity contribution in [3.63, 3.8) is 0 Å². The van der Waals surface area contributed by atoms with E-state index in [1.807, 2.05) is 23.1 Å². The summed E-state index contributed by atoms with van der Waals surface area (Å²) in [6, 6.07) is 8.25. The molecule has 0 spiro atoms. The zero-order valence-electron chi connectivity index (χ0n) is 15.0. The molecule has 3 rings (SSSR count). The molecule has 5 heteroatoms. The van der Waals surface area contributed by atoms with Crippen LogP contribution in [0.1, 0.15) is 31.7 Å². The maximum absolute atomic E-state index is 12.6. The number of ether oxygens (including phenoxy) is 1. The topological polar surface area (TPSA) is 44.8 Å². The molecule has 2 heterocycles. The largest absolute Gasteiger partial charge is 0.493 e. The van der Waals surface area contributed by atoms with Crippen LogP contribution in [-0.4, -0.2) is 61.7 Å². The molecule has 3 atom stereocenters. The molecule has 0 radical (unpaired) electrons. The number of carbonyl (C=O) groups excluding carboxylic acids is 1. The fraction of sp³-hybridized carbons (Fsp3) is 0.632. The SMILES string of the molecule is CCN(C)C[C@@H]1CCN(C(=O)N[C@H](C)[C@@H]2COc3ccccc32)C1. The average molecular weight is 331 g/mol. The van der Waals surface area contributed by atoms with E-state index in [1.54, 1.807) is 0 Å². The van der Waals surface area contributed by atoms with E-state index in [1.165, 1.54) is 5.56 Å². The van der Waals surface area contributed by atoms with Gasteiger partial charge in [-0.1, -0.05) is 25.1 Å². The minimum atomic E-state index is 0.0635. The predicted octanol–water partition coefficient (Wildman–Crippen LogP) is 2.53. The summed E-state index contributed by atoms with van der Waals surface area (Å²) >= 11 is 0. The van der Waals surface area contributed by atoms with Gasteiger partial charge in [0, 0.05) is 37.2 Å². The second-order valence-corrected chi connectivity index (χ2v) is 7.15. The van der Waals surface area contributed by atoms with Gasteiger partial charge in [0.05, 0.1) is 6.61 Å². The lowest BCUT2D eigenvalue weighted by molar-refractivity contribution is 0.197. The lowest BCUT2D eigenvalue weighted by Crippen LogP contribution is -2.45. The van der Waals surface area contributed by atoms with Crippen molar-refractivity contribution < 1.29 is 9.53 Å². The van der Waals surface area contributed by atoms with Crippen molar-refractivity contribution in [3.8, 4) is 5.75 Å². The third kappa shape index (κ3) is 3.66. The first-order valence-electron chi connectivity index (χ1n) is 9.04. The fourth-order valence-electron chi connectivity index (χ4n) is 3.72. The van der Waals surface area contributed by atoms with E-state index in [-0.39, 0.29) is 18.0 Å². The maximum Gasteiger partial charge on any atom is 0.317 e. The third-order valence-corrected chi connectivity index (χ3v) is 5.37. The van der Waals surface area contributed by atoms with Crippen LogP contribution in [-0.2, 0) is 0 Å². The first kappa shape index (κ1) is 17.1. The third-order valence-electron chi connectivity index (χ3n) is 5.37. The number of likely N-dealkylation sites (tertiary alicyclic amines) is 1. The van der Waals surface area contributed by atoms with E-state index >= 15 is 0 Å². The minimum Gasteiger partial charge on any atom is -0.493 e. The lowest BCUT2D eigenvalue weighted by Gasteiger charge is -2.25. The van der Waals surface area contributed by atoms with Crippen molar-refractivity contribution in [2.75, 3.05) is 39.8 Å². The molecule has 1 saturated heterocycles. The molecule has 0 unspecified atom stereocenters. The van der Waals surface area contributed by atoms with Crippen LogP contribution >= 0.6 is 0 Å². The first-order chi connectivity index (χ1) is 11.6. The van der Waals surface area contributed by atoms with Gasteiger partial charge < -0.3 is 19.9 Å². The summed E-state index contributed by atoms with van der Waals surface area (Å²) in [5.41, 5.74) is 1.20. The number of fused-ring (bicyclic) bond motifs is 1. The zero-order chi connectivity index (χ0) is 17.1. The van der Waals surface area contributed by atoms with Gasteiger partial charge in [0.1, 0.15) is 5.75 Å². The van der Waals surface area contributed by atoms with Gasteiger partial charge in [0.15, 0.2) is 0 Å². The highest BCUT2D eigenvalue weighted by Gasteiger charge is 2.32. The Morgan fingerprint density at radius 2 is 2.25 bits per heavy atom. The van der Waals surface area contributed by atoms with Crippen LogP contribution < -0.4 is 10.1 Å². The quantitative estimate of drug-likeness (QED) is 0.902. The Morgan fingerprint density at radius 1 is 1.46 bits per heavy atom. The van der Waals surface area contributed by atoms with Gasteiger partial charge in [0.2, 0.25) is 0 Å². The standard InChI is InChI=1S/C19H29N3O2/c1-4-21(3)11-15-9-10-22(12-15)19(23)20-14(2)17-13-24-18-8-6-5-7-16(17)18/h5-8,14-15,17H,4,9-13H2,1-3H3,(H,20,23)/t14-,15+,17+/m1/s1. The van der Waals surface area contributed by atoms with Gasteiger partial charge in [-0.2, -0.15) is 0 Å². The molecule has 0 saturated carbocycles. The molecule has 0 aliphatic carbocycles. The van der Waals surface area contributed by atoms with Crippen molar-refractivity contribution in [2.45, 2.75) is 32.2 Å². The molecule has 0 bridgehead atoms. The molecule has 24 heavy (non-hydrogen) atoms. The highest BCUT2D eigenvalue weighted by atomic mass is 16.5. The Kier molecular flexibility index (Phi) is 5.29. The summed E-state index contributed by atoms with van der Waals surface area (Å²) in [7, 11) is 2.14. The van der Waals surface area contributed by atoms with E-state index in [4.69, 9.17) is 4.74 Å². The summed E-state index contributed by atoms with van der Waals surface area (Å²) in [5.74, 6) is 1.77. The summed E-state index contributed by atoms with van der Waals surface area (Å²) in [4.78, 5) is 16.9. The monoisotopic (exact) mass is 331 g/mol. The number of hydrogen-bond acceptors (Lipinski definition) is 3. The van der Waals surface area contributed by atoms with Gasteiger partial charge in [-0.15, -0.1) is 0 Å². The summed E-state index contributed by atoms with van der Waals surface area (Å²) in [6.45, 7) is 8.74. The minimum absolute atomic E-state index is 0.0635. The molecular weight excluding hydrogens is 302 g/mol. The maximum atomic E-state index is 12.6. The number of hydrogen-bond donors (Lipinski definition) is 1. The number of para-hydroxylation sites is 1. The molecular formula is C19H29N3O2. The number of nitrogens with zero attached hydrogens (tertiary/aromatic N) is 2. The van der Waals surface area contributed by atoms with Gasteiger partial charge in [-0.25, -0.2) is 4.79 Å². The zero-order valence-corrected chi connectivity index (χ0v) is 15.0. The van der Waals surface area contributed by atoms with Crippen LogP contribution in [0.2, 0.25) is 0 Å². The molecule has 2 amide bonds. The van der Waals surface area contributed by atoms with Crippen LogP contribution in [0.3, 0.4) is 0 Å². The number of amides is 2. The Balaban J connectivity index is 1.52. The molecule has 0 aromatic heterocycles. The van der Waals surface area contributed by atoms with Crippen molar-refractivity contribution in [1.29, 1.82) is 0 Å². The Labute approximate surface area is 145 Å². The van der Waals surface area contributed by atoms with Gasteiger partial charge in [-0.05, 0) is 38.9 Å². The van der Waals surface area contributed by atoms with E-state index in [0.29, 0.717) is 12.5 Å². The van der Waals surface area contributed by atoms with Gasteiger partial charge >= 0.3 is 6.03 Å². The highest BCUT2D eigenvalue weighted by molar-refractivity contribution is 5.75. The highest BCUT2D eigenvalue weighted by Crippen LogP contribution is 2.35. The number of urea groups is 1. The lowest BCUT2D eigenvalue weighted by atomic mass is 9.94. The van der Waals surface area contributed by atoms with Crippen molar-refractivity contribution in [1.82, 2.24) is 15.1 Å². The van der Waals surface area contributed by atoms with Crippen LogP contribution in [0.15, 0.2) is 24.3 Å². The first-order valence-corrected chi connectivity index (χ1v) is 9.04. The molecule has 5 nitrogen and oxygen atoms in total. The van der Waals surface area contributed by atoms with E-state index < -0.39 is 0 Å². The predicted molar refractivity (Wildman–Crippen MR) is 95.5 cm³/mol. The van der Waals surface area contributed by atoms with Crippen molar-refractivity contribution >= 4 is 6.03 Å². The molecule has 1 aromatic carbocycles. The molecule has 1 aromatic rings. The number of rotatable bonds is 5. The summed E-state index contributed by atoms with van der Waals surface area (Å²) < 4.78 is 5.74. The van der Waals surface area contributed by atoms with Crippen molar-refractivity contribution in [3.05, 3.63) is 29.8 Å². The summed E-state index contributed by atoms with van der Waals surface area (Å²) in [6.07, 6.45) is 1.10. The number of benzene rings is 1. The number of carbonyl (C=O) groups is 1. The van der Waals surface area contributed by atoms with Crippen LogP contribution in [0.25, 0.3) is 0 Å². The van der Waals surface area contributed by atoms with Crippen molar-refractivity contribution in [2.24, 2.45) is 5.92 Å². The second-order valence-electron chi connectivity index (χ2n) is 7.15. The molecule has 2 aliphatic rings.